The van der Waals surface area contributed by atoms with Crippen LogP contribution >= 0.6 is 0 Å². The van der Waals surface area contributed by atoms with E-state index in [1.807, 2.05) is 26.8 Å². The van der Waals surface area contributed by atoms with Gasteiger partial charge in [0.05, 0.1) is 11.5 Å². The van der Waals surface area contributed by atoms with Gasteiger partial charge in [-0.15, -0.1) is 0 Å². The summed E-state index contributed by atoms with van der Waals surface area (Å²) in [5.41, 5.74) is 2.91. The molecular formula is C28H31NO7S. The summed E-state index contributed by atoms with van der Waals surface area (Å²) >= 11 is 0. The number of aryl methyl sites for hydroxylation is 1. The molecule has 0 aliphatic carbocycles. The normalized spacial score (nSPS) is 13.4. The highest BCUT2D eigenvalue weighted by Crippen LogP contribution is 2.36. The molecule has 37 heavy (non-hydrogen) atoms. The first-order chi connectivity index (χ1) is 17.7. The molecule has 1 amide bonds. The Kier molecular flexibility index (Phi) is 8.04. The van der Waals surface area contributed by atoms with Crippen LogP contribution in [-0.2, 0) is 27.8 Å². The lowest BCUT2D eigenvalue weighted by atomic mass is 10.0. The first-order valence-corrected chi connectivity index (χ1v) is 13.7. The largest absolute Gasteiger partial charge is 0.475 e. The van der Waals surface area contributed by atoms with Gasteiger partial charge in [0.1, 0.15) is 5.75 Å². The van der Waals surface area contributed by atoms with E-state index in [1.165, 1.54) is 12.1 Å². The number of carbonyl (C=O) groups excluding carboxylic acids is 1. The first-order valence-electron chi connectivity index (χ1n) is 12.2. The van der Waals surface area contributed by atoms with Gasteiger partial charge in [-0.05, 0) is 65.4 Å². The SMILES string of the molecule is CCCc1cc(CO)ccc1OC(C(=O)NS(=O)(=O)c1ccc(C(C)C)cc1)c1ccc2c(c1)OCO2. The number of rotatable bonds is 10. The fourth-order valence-corrected chi connectivity index (χ4v) is 5.05. The number of amides is 1. The van der Waals surface area contributed by atoms with E-state index in [9.17, 15) is 18.3 Å². The first kappa shape index (κ1) is 26.5. The Bertz CT molecular complexity index is 1370. The zero-order chi connectivity index (χ0) is 26.6. The molecule has 4 rings (SSSR count). The second-order valence-corrected chi connectivity index (χ2v) is 10.8. The van der Waals surface area contributed by atoms with Gasteiger partial charge < -0.3 is 19.3 Å². The van der Waals surface area contributed by atoms with Crippen molar-refractivity contribution >= 4 is 15.9 Å². The summed E-state index contributed by atoms with van der Waals surface area (Å²) in [6.45, 7) is 5.96. The molecule has 9 heteroatoms. The zero-order valence-corrected chi connectivity index (χ0v) is 21.9. The van der Waals surface area contributed by atoms with Crippen molar-refractivity contribution in [2.45, 2.75) is 57.1 Å². The molecule has 1 aliphatic heterocycles. The molecule has 2 N–H and O–H groups in total. The number of benzene rings is 3. The Hall–Kier alpha value is -3.56. The van der Waals surface area contributed by atoms with E-state index in [-0.39, 0.29) is 24.2 Å². The van der Waals surface area contributed by atoms with Gasteiger partial charge in [0.2, 0.25) is 12.9 Å². The zero-order valence-electron chi connectivity index (χ0n) is 21.1. The quantitative estimate of drug-likeness (QED) is 0.398. The molecule has 1 atom stereocenters. The standard InChI is InChI=1S/C28H31NO7S/c1-4-5-21-14-19(16-30)6-12-24(21)36-27(22-9-13-25-26(15-22)35-17-34-25)28(31)29-37(32,33)23-10-7-20(8-11-23)18(2)3/h6-15,18,27,30H,4-5,16-17H2,1-3H3,(H,29,31). The van der Waals surface area contributed by atoms with Crippen molar-refractivity contribution in [1.82, 2.24) is 4.72 Å². The summed E-state index contributed by atoms with van der Waals surface area (Å²) in [7, 11) is -4.16. The molecule has 8 nitrogen and oxygen atoms in total. The highest BCUT2D eigenvalue weighted by Gasteiger charge is 2.30. The third kappa shape index (κ3) is 6.06. The number of hydrogen-bond donors (Lipinski definition) is 2. The molecule has 3 aromatic rings. The van der Waals surface area contributed by atoms with Crippen LogP contribution in [0.25, 0.3) is 0 Å². The monoisotopic (exact) mass is 525 g/mol. The molecule has 1 unspecified atom stereocenters. The second-order valence-electron chi connectivity index (χ2n) is 9.15. The number of fused-ring (bicyclic) bond motifs is 1. The predicted octanol–water partition coefficient (Wildman–Crippen LogP) is 4.61. The molecule has 1 aliphatic rings. The molecule has 0 radical (unpaired) electrons. The van der Waals surface area contributed by atoms with Crippen LogP contribution in [0.5, 0.6) is 17.2 Å². The maximum Gasteiger partial charge on any atom is 0.279 e. The van der Waals surface area contributed by atoms with Crippen molar-refractivity contribution in [3.05, 3.63) is 82.9 Å². The molecule has 0 bridgehead atoms. The van der Waals surface area contributed by atoms with E-state index >= 15 is 0 Å². The van der Waals surface area contributed by atoms with Gasteiger partial charge in [0.15, 0.2) is 11.5 Å². The van der Waals surface area contributed by atoms with Crippen LogP contribution in [0.2, 0.25) is 0 Å². The minimum atomic E-state index is -4.16. The summed E-state index contributed by atoms with van der Waals surface area (Å²) in [6.07, 6.45) is 0.168. The van der Waals surface area contributed by atoms with E-state index < -0.39 is 22.0 Å². The van der Waals surface area contributed by atoms with Gasteiger partial charge in [-0.1, -0.05) is 51.5 Å². The Morgan fingerprint density at radius 3 is 2.38 bits per heavy atom. The smallest absolute Gasteiger partial charge is 0.279 e. The highest BCUT2D eigenvalue weighted by molar-refractivity contribution is 7.90. The van der Waals surface area contributed by atoms with Gasteiger partial charge in [-0.25, -0.2) is 13.1 Å². The fraction of sp³-hybridized carbons (Fsp3) is 0.321. The fourth-order valence-electron chi connectivity index (χ4n) is 4.06. The van der Waals surface area contributed by atoms with E-state index in [4.69, 9.17) is 14.2 Å². The average molecular weight is 526 g/mol. The number of sulfonamides is 1. The van der Waals surface area contributed by atoms with Crippen molar-refractivity contribution in [3.8, 4) is 17.2 Å². The molecule has 3 aromatic carbocycles. The molecular weight excluding hydrogens is 494 g/mol. The molecule has 0 saturated heterocycles. The van der Waals surface area contributed by atoms with Crippen molar-refractivity contribution in [1.29, 1.82) is 0 Å². The Morgan fingerprint density at radius 1 is 1.00 bits per heavy atom. The van der Waals surface area contributed by atoms with Crippen molar-refractivity contribution in [3.63, 3.8) is 0 Å². The lowest BCUT2D eigenvalue weighted by Gasteiger charge is -2.22. The Labute approximate surface area is 217 Å². The van der Waals surface area contributed by atoms with Crippen LogP contribution in [0.4, 0.5) is 0 Å². The maximum absolute atomic E-state index is 13.5. The topological polar surface area (TPSA) is 111 Å². The summed E-state index contributed by atoms with van der Waals surface area (Å²) in [4.78, 5) is 13.5. The number of carbonyl (C=O) groups is 1. The van der Waals surface area contributed by atoms with E-state index in [2.05, 4.69) is 4.72 Å². The second kappa shape index (κ2) is 11.2. The summed E-state index contributed by atoms with van der Waals surface area (Å²) < 4.78 is 45.4. The van der Waals surface area contributed by atoms with Gasteiger partial charge in [0, 0.05) is 5.56 Å². The summed E-state index contributed by atoms with van der Waals surface area (Å²) in [5, 5.41) is 9.54. The molecule has 0 spiro atoms. The van der Waals surface area contributed by atoms with Crippen LogP contribution < -0.4 is 18.9 Å². The van der Waals surface area contributed by atoms with E-state index in [1.54, 1.807) is 42.5 Å². The van der Waals surface area contributed by atoms with Gasteiger partial charge in [-0.3, -0.25) is 4.79 Å². The highest BCUT2D eigenvalue weighted by atomic mass is 32.2. The Balaban J connectivity index is 1.67. The van der Waals surface area contributed by atoms with Crippen LogP contribution in [0.3, 0.4) is 0 Å². The predicted molar refractivity (Wildman–Crippen MR) is 138 cm³/mol. The molecule has 196 valence electrons. The molecule has 0 fully saturated rings. The number of aliphatic hydroxyl groups is 1. The van der Waals surface area contributed by atoms with Gasteiger partial charge in [-0.2, -0.15) is 0 Å². The number of nitrogens with one attached hydrogen (secondary N) is 1. The van der Waals surface area contributed by atoms with Crippen molar-refractivity contribution in [2.75, 3.05) is 6.79 Å². The minimum Gasteiger partial charge on any atom is -0.475 e. The summed E-state index contributed by atoms with van der Waals surface area (Å²) in [6, 6.07) is 16.5. The molecule has 0 aromatic heterocycles. The maximum atomic E-state index is 13.5. The number of ether oxygens (including phenoxy) is 3. The van der Waals surface area contributed by atoms with Crippen LogP contribution in [0.15, 0.2) is 65.6 Å². The van der Waals surface area contributed by atoms with E-state index in [0.717, 1.165) is 17.5 Å². The van der Waals surface area contributed by atoms with Gasteiger partial charge >= 0.3 is 0 Å². The number of aliphatic hydroxyl groups excluding tert-OH is 1. The van der Waals surface area contributed by atoms with Crippen LogP contribution in [0, 0.1) is 0 Å². The third-order valence-electron chi connectivity index (χ3n) is 6.10. The van der Waals surface area contributed by atoms with Crippen LogP contribution in [0.1, 0.15) is 61.5 Å². The van der Waals surface area contributed by atoms with Gasteiger partial charge in [0.25, 0.3) is 15.9 Å². The van der Waals surface area contributed by atoms with Crippen molar-refractivity contribution in [2.24, 2.45) is 0 Å². The van der Waals surface area contributed by atoms with Crippen molar-refractivity contribution < 1.29 is 32.5 Å². The summed E-state index contributed by atoms with van der Waals surface area (Å²) in [5.74, 6) is 0.788. The third-order valence-corrected chi connectivity index (χ3v) is 7.46. The average Bonchev–Trinajstić information content (AvgIpc) is 3.35. The molecule has 1 heterocycles. The lowest BCUT2D eigenvalue weighted by molar-refractivity contribution is -0.126. The lowest BCUT2D eigenvalue weighted by Crippen LogP contribution is -2.37. The van der Waals surface area contributed by atoms with Crippen LogP contribution in [-0.4, -0.2) is 26.2 Å². The van der Waals surface area contributed by atoms with E-state index in [0.29, 0.717) is 34.8 Å². The minimum absolute atomic E-state index is 0.0198. The molecule has 0 saturated carbocycles. The Morgan fingerprint density at radius 2 is 1.70 bits per heavy atom. The number of hydrogen-bond acceptors (Lipinski definition) is 7.